The molecule has 2 amide bonds. The van der Waals surface area contributed by atoms with Crippen LogP contribution in [0.25, 0.3) is 0 Å². The summed E-state index contributed by atoms with van der Waals surface area (Å²) in [5.74, 6) is -0.272. The zero-order chi connectivity index (χ0) is 25.7. The van der Waals surface area contributed by atoms with Crippen LogP contribution in [-0.2, 0) is 11.2 Å². The van der Waals surface area contributed by atoms with Gasteiger partial charge in [-0.25, -0.2) is 4.39 Å². The highest BCUT2D eigenvalue weighted by Crippen LogP contribution is 2.34. The Morgan fingerprint density at radius 2 is 1.92 bits per heavy atom. The van der Waals surface area contributed by atoms with Gasteiger partial charge in [0.05, 0.1) is 6.04 Å². The minimum absolute atomic E-state index is 0.00722. The van der Waals surface area contributed by atoms with E-state index in [9.17, 15) is 14.0 Å². The van der Waals surface area contributed by atoms with E-state index in [0.717, 1.165) is 24.0 Å². The summed E-state index contributed by atoms with van der Waals surface area (Å²) in [5, 5.41) is 2.02. The zero-order valence-electron chi connectivity index (χ0n) is 21.1. The van der Waals surface area contributed by atoms with E-state index in [-0.39, 0.29) is 42.7 Å². The number of carbonyl (C=O) groups excluding carboxylic acids is 2. The Kier molecular flexibility index (Phi) is 8.41. The lowest BCUT2D eigenvalue weighted by Crippen LogP contribution is -2.48. The summed E-state index contributed by atoms with van der Waals surface area (Å²) < 4.78 is 20.0. The lowest BCUT2D eigenvalue weighted by molar-refractivity contribution is -0.135. The van der Waals surface area contributed by atoms with Gasteiger partial charge in [0.2, 0.25) is 5.91 Å². The highest BCUT2D eigenvalue weighted by Gasteiger charge is 2.34. The third-order valence-electron chi connectivity index (χ3n) is 6.79. The number of rotatable bonds is 9. The van der Waals surface area contributed by atoms with Gasteiger partial charge in [-0.1, -0.05) is 50.1 Å². The first-order chi connectivity index (χ1) is 17.4. The summed E-state index contributed by atoms with van der Waals surface area (Å²) in [4.78, 5) is 31.8. The molecular formula is C29H33FN2O3S. The van der Waals surface area contributed by atoms with Gasteiger partial charge < -0.3 is 14.5 Å². The average molecular weight is 509 g/mol. The number of fused-ring (bicyclic) bond motifs is 1. The molecule has 0 N–H and O–H groups in total. The predicted molar refractivity (Wildman–Crippen MR) is 141 cm³/mol. The van der Waals surface area contributed by atoms with Crippen molar-refractivity contribution in [1.29, 1.82) is 0 Å². The average Bonchev–Trinajstić information content (AvgIpc) is 3.37. The van der Waals surface area contributed by atoms with Gasteiger partial charge in [-0.05, 0) is 60.5 Å². The topological polar surface area (TPSA) is 49.9 Å². The summed E-state index contributed by atoms with van der Waals surface area (Å²) >= 11 is 1.66. The fraction of sp³-hybridized carbons (Fsp3) is 0.379. The molecular weight excluding hydrogens is 475 g/mol. The maximum atomic E-state index is 14.2. The molecule has 0 saturated heterocycles. The first kappa shape index (κ1) is 25.9. The molecule has 7 heteroatoms. The van der Waals surface area contributed by atoms with E-state index in [1.54, 1.807) is 39.3 Å². The van der Waals surface area contributed by atoms with E-state index in [4.69, 9.17) is 4.74 Å². The van der Waals surface area contributed by atoms with Crippen LogP contribution >= 0.6 is 11.3 Å². The minimum Gasteiger partial charge on any atom is -0.488 e. The molecule has 0 unspecified atom stereocenters. The molecule has 1 aliphatic rings. The monoisotopic (exact) mass is 508 g/mol. The second kappa shape index (κ2) is 11.7. The van der Waals surface area contributed by atoms with Crippen molar-refractivity contribution in [3.05, 3.63) is 87.4 Å². The van der Waals surface area contributed by atoms with E-state index in [2.05, 4.69) is 13.8 Å². The van der Waals surface area contributed by atoms with Crippen molar-refractivity contribution in [3.63, 3.8) is 0 Å². The van der Waals surface area contributed by atoms with Crippen molar-refractivity contribution >= 4 is 23.2 Å². The number of thiophene rings is 1. The molecule has 0 fully saturated rings. The molecule has 190 valence electrons. The molecule has 0 bridgehead atoms. The van der Waals surface area contributed by atoms with Crippen LogP contribution in [0.3, 0.4) is 0 Å². The van der Waals surface area contributed by atoms with Crippen LogP contribution in [0.4, 0.5) is 4.39 Å². The summed E-state index contributed by atoms with van der Waals surface area (Å²) in [6.07, 6.45) is 1.67. The van der Waals surface area contributed by atoms with Gasteiger partial charge in [-0.3, -0.25) is 9.59 Å². The number of hydrogen-bond acceptors (Lipinski definition) is 4. The molecule has 1 aromatic heterocycles. The number of benzene rings is 2. The number of hydrogen-bond donors (Lipinski definition) is 0. The van der Waals surface area contributed by atoms with Crippen LogP contribution in [0, 0.1) is 18.7 Å². The quantitative estimate of drug-likeness (QED) is 0.362. The Morgan fingerprint density at radius 1 is 1.17 bits per heavy atom. The zero-order valence-corrected chi connectivity index (χ0v) is 21.9. The fourth-order valence-electron chi connectivity index (χ4n) is 4.46. The Labute approximate surface area is 216 Å². The van der Waals surface area contributed by atoms with Crippen LogP contribution in [0.1, 0.15) is 52.7 Å². The van der Waals surface area contributed by atoms with Gasteiger partial charge in [0.1, 0.15) is 13.2 Å². The van der Waals surface area contributed by atoms with Crippen LogP contribution in [0.15, 0.2) is 60.0 Å². The van der Waals surface area contributed by atoms with Crippen molar-refractivity contribution in [1.82, 2.24) is 9.80 Å². The van der Waals surface area contributed by atoms with Crippen LogP contribution in [0.2, 0.25) is 0 Å². The van der Waals surface area contributed by atoms with Crippen molar-refractivity contribution in [2.24, 2.45) is 5.92 Å². The molecule has 2 aromatic carbocycles. The summed E-state index contributed by atoms with van der Waals surface area (Å²) in [7, 11) is 0. The molecule has 2 atom stereocenters. The van der Waals surface area contributed by atoms with Gasteiger partial charge in [-0.2, -0.15) is 0 Å². The van der Waals surface area contributed by atoms with Crippen LogP contribution in [-0.4, -0.2) is 47.9 Å². The number of aryl methyl sites for hydroxylation is 1. The lowest BCUT2D eigenvalue weighted by atomic mass is 10.00. The number of para-hydroxylation sites is 1. The molecule has 1 aliphatic heterocycles. The second-order valence-electron chi connectivity index (χ2n) is 9.46. The Balaban J connectivity index is 1.55. The number of amides is 2. The van der Waals surface area contributed by atoms with Gasteiger partial charge in [0.25, 0.3) is 5.91 Å². The third kappa shape index (κ3) is 5.95. The van der Waals surface area contributed by atoms with E-state index < -0.39 is 5.82 Å². The van der Waals surface area contributed by atoms with E-state index in [1.165, 1.54) is 10.9 Å². The van der Waals surface area contributed by atoms with Gasteiger partial charge in [0, 0.05) is 23.5 Å². The van der Waals surface area contributed by atoms with E-state index in [1.807, 2.05) is 42.6 Å². The van der Waals surface area contributed by atoms with E-state index >= 15 is 0 Å². The normalized spacial score (nSPS) is 15.8. The van der Waals surface area contributed by atoms with Crippen LogP contribution < -0.4 is 4.74 Å². The number of halogens is 1. The first-order valence-electron chi connectivity index (χ1n) is 12.5. The highest BCUT2D eigenvalue weighted by atomic mass is 32.1. The molecule has 5 nitrogen and oxygen atoms in total. The second-order valence-corrected chi connectivity index (χ2v) is 10.5. The number of ether oxygens (including phenoxy) is 1. The third-order valence-corrected chi connectivity index (χ3v) is 7.79. The maximum Gasteiger partial charge on any atom is 0.254 e. The lowest BCUT2D eigenvalue weighted by Gasteiger charge is -2.37. The minimum atomic E-state index is -0.430. The summed E-state index contributed by atoms with van der Waals surface area (Å²) in [6.45, 7) is 7.33. The fourth-order valence-corrected chi connectivity index (χ4v) is 5.39. The van der Waals surface area contributed by atoms with Gasteiger partial charge >= 0.3 is 0 Å². The maximum absolute atomic E-state index is 14.2. The summed E-state index contributed by atoms with van der Waals surface area (Å²) in [5.41, 5.74) is 2.69. The van der Waals surface area contributed by atoms with Gasteiger partial charge in [-0.15, -0.1) is 11.3 Å². The largest absolute Gasteiger partial charge is 0.488 e. The van der Waals surface area contributed by atoms with Crippen molar-refractivity contribution in [2.75, 3.05) is 26.2 Å². The van der Waals surface area contributed by atoms with Crippen molar-refractivity contribution in [2.45, 2.75) is 39.7 Å². The Hall–Kier alpha value is -3.19. The highest BCUT2D eigenvalue weighted by molar-refractivity contribution is 7.10. The van der Waals surface area contributed by atoms with Gasteiger partial charge in [0.15, 0.2) is 11.6 Å². The first-order valence-corrected chi connectivity index (χ1v) is 13.3. The molecule has 2 heterocycles. The number of carbonyl (C=O) groups is 2. The Bertz CT molecular complexity index is 1190. The van der Waals surface area contributed by atoms with Crippen molar-refractivity contribution < 1.29 is 18.7 Å². The Morgan fingerprint density at radius 3 is 2.64 bits per heavy atom. The standard InChI is InChI=1S/C29H33FN2O3S/c1-4-20(2)17-31(29(34)22-11-9-21(3)10-12-22)18-28(33)32-15-13-27-23(14-16-36-27)25(32)19-35-26-8-6-5-7-24(26)30/h5-12,14,16,20,25H,4,13,15,17-19H2,1-3H3/t20-,25+/m0/s1. The smallest absolute Gasteiger partial charge is 0.254 e. The number of nitrogens with zero attached hydrogens (tertiary/aromatic N) is 2. The molecule has 0 radical (unpaired) electrons. The summed E-state index contributed by atoms with van der Waals surface area (Å²) in [6, 6.07) is 15.4. The molecule has 0 spiro atoms. The molecule has 0 saturated carbocycles. The van der Waals surface area contributed by atoms with Crippen LogP contribution in [0.5, 0.6) is 5.75 Å². The molecule has 36 heavy (non-hydrogen) atoms. The molecule has 0 aliphatic carbocycles. The van der Waals surface area contributed by atoms with Crippen molar-refractivity contribution in [3.8, 4) is 5.75 Å². The SMILES string of the molecule is CC[C@H](C)CN(CC(=O)N1CCc2sccc2[C@H]1COc1ccccc1F)C(=O)c1ccc(C)cc1. The molecule has 3 aromatic rings. The van der Waals surface area contributed by atoms with E-state index in [0.29, 0.717) is 18.7 Å². The predicted octanol–water partition coefficient (Wildman–Crippen LogP) is 5.89. The molecule has 4 rings (SSSR count).